The van der Waals surface area contributed by atoms with Crippen LogP contribution in [-0.2, 0) is 0 Å². The Bertz CT molecular complexity index is 312. The summed E-state index contributed by atoms with van der Waals surface area (Å²) in [5.41, 5.74) is 2.14. The van der Waals surface area contributed by atoms with Crippen molar-refractivity contribution in [3.05, 3.63) is 12.3 Å². The van der Waals surface area contributed by atoms with Crippen LogP contribution in [0, 0.1) is 16.7 Å². The summed E-state index contributed by atoms with van der Waals surface area (Å²) in [4.78, 5) is 2.40. The first-order valence-corrected chi connectivity index (χ1v) is 8.08. The third-order valence-corrected chi connectivity index (χ3v) is 4.78. The Hall–Kier alpha value is -0.460. The molecule has 0 fully saturated rings. The molecule has 0 aliphatic heterocycles. The molecule has 1 atom stereocenters. The van der Waals surface area contributed by atoms with Crippen molar-refractivity contribution in [2.45, 2.75) is 87.1 Å². The van der Waals surface area contributed by atoms with Crippen LogP contribution in [0.1, 0.15) is 81.6 Å². The Labute approximate surface area is 128 Å². The van der Waals surface area contributed by atoms with Gasteiger partial charge in [0.1, 0.15) is 0 Å². The molecule has 0 saturated carbocycles. The molecule has 0 amide bonds. The summed E-state index contributed by atoms with van der Waals surface area (Å²) >= 11 is 0. The van der Waals surface area contributed by atoms with Crippen LogP contribution in [0.2, 0.25) is 0 Å². The summed E-state index contributed by atoms with van der Waals surface area (Å²) in [5, 5.41) is 0. The predicted octanol–water partition coefficient (Wildman–Crippen LogP) is 6.11. The van der Waals surface area contributed by atoms with Crippen molar-refractivity contribution >= 4 is 0 Å². The molecule has 1 nitrogen and oxygen atoms in total. The SMILES string of the molecule is C=C(CC(C)(C)C)N(C)C(C)(C)CCC(C)C(C)(C)C. The van der Waals surface area contributed by atoms with Crippen LogP contribution in [0.5, 0.6) is 0 Å². The zero-order valence-corrected chi connectivity index (χ0v) is 15.9. The molecule has 0 N–H and O–H groups in total. The lowest BCUT2D eigenvalue weighted by atomic mass is 9.77. The molecule has 0 saturated heterocycles. The smallest absolute Gasteiger partial charge is 0.0339 e. The molecule has 1 heteroatoms. The Morgan fingerprint density at radius 2 is 1.45 bits per heavy atom. The number of rotatable bonds is 6. The zero-order valence-electron chi connectivity index (χ0n) is 15.9. The predicted molar refractivity (Wildman–Crippen MR) is 92.9 cm³/mol. The van der Waals surface area contributed by atoms with Gasteiger partial charge in [-0.1, -0.05) is 55.0 Å². The molecule has 0 spiro atoms. The molecule has 0 aliphatic carbocycles. The fourth-order valence-corrected chi connectivity index (χ4v) is 2.33. The second kappa shape index (κ2) is 6.54. The van der Waals surface area contributed by atoms with Crippen LogP contribution in [0.3, 0.4) is 0 Å². The first-order chi connectivity index (χ1) is 8.67. The molecule has 0 aromatic carbocycles. The molecule has 0 rings (SSSR count). The highest BCUT2D eigenvalue weighted by molar-refractivity contribution is 5.01. The van der Waals surface area contributed by atoms with Crippen LogP contribution in [0.4, 0.5) is 0 Å². The van der Waals surface area contributed by atoms with Gasteiger partial charge in [0.15, 0.2) is 0 Å². The molecule has 0 bridgehead atoms. The number of allylic oxidation sites excluding steroid dienone is 1. The minimum absolute atomic E-state index is 0.182. The van der Waals surface area contributed by atoms with Gasteiger partial charge in [0.05, 0.1) is 0 Å². The van der Waals surface area contributed by atoms with Gasteiger partial charge >= 0.3 is 0 Å². The van der Waals surface area contributed by atoms with Crippen LogP contribution in [0.15, 0.2) is 12.3 Å². The van der Waals surface area contributed by atoms with Gasteiger partial charge in [-0.2, -0.15) is 0 Å². The Balaban J connectivity index is 4.60. The topological polar surface area (TPSA) is 3.24 Å². The summed E-state index contributed by atoms with van der Waals surface area (Å²) in [6.45, 7) is 25.2. The summed E-state index contributed by atoms with van der Waals surface area (Å²) in [6, 6.07) is 0. The molecule has 0 aliphatic rings. The molecular weight excluding hydrogens is 242 g/mol. The van der Waals surface area contributed by atoms with E-state index < -0.39 is 0 Å². The maximum absolute atomic E-state index is 4.31. The average Bonchev–Trinajstić information content (AvgIpc) is 2.21. The first-order valence-electron chi connectivity index (χ1n) is 8.08. The van der Waals surface area contributed by atoms with E-state index in [-0.39, 0.29) is 5.54 Å². The van der Waals surface area contributed by atoms with Crippen molar-refractivity contribution in [1.82, 2.24) is 4.90 Å². The van der Waals surface area contributed by atoms with Gasteiger partial charge < -0.3 is 4.90 Å². The second-order valence-corrected chi connectivity index (χ2v) is 9.48. The van der Waals surface area contributed by atoms with Crippen molar-refractivity contribution in [1.29, 1.82) is 0 Å². The minimum Gasteiger partial charge on any atom is -0.373 e. The molecule has 0 radical (unpaired) electrons. The maximum Gasteiger partial charge on any atom is 0.0339 e. The highest BCUT2D eigenvalue weighted by Crippen LogP contribution is 2.34. The third kappa shape index (κ3) is 6.81. The Morgan fingerprint density at radius 3 is 1.80 bits per heavy atom. The summed E-state index contributed by atoms with van der Waals surface area (Å²) in [6.07, 6.45) is 3.54. The van der Waals surface area contributed by atoms with E-state index in [4.69, 9.17) is 0 Å². The summed E-state index contributed by atoms with van der Waals surface area (Å²) < 4.78 is 0. The Kier molecular flexibility index (Phi) is 6.39. The molecule has 20 heavy (non-hydrogen) atoms. The van der Waals surface area contributed by atoms with Crippen LogP contribution < -0.4 is 0 Å². The fourth-order valence-electron chi connectivity index (χ4n) is 2.33. The van der Waals surface area contributed by atoms with Crippen molar-refractivity contribution in [3.63, 3.8) is 0 Å². The Morgan fingerprint density at radius 1 is 1.00 bits per heavy atom. The average molecular weight is 282 g/mol. The zero-order chi connectivity index (χ0) is 16.4. The quantitative estimate of drug-likeness (QED) is 0.568. The minimum atomic E-state index is 0.182. The monoisotopic (exact) mass is 281 g/mol. The highest BCUT2D eigenvalue weighted by Gasteiger charge is 2.29. The number of nitrogens with zero attached hydrogens (tertiary/aromatic N) is 1. The van der Waals surface area contributed by atoms with Gasteiger partial charge in [-0.3, -0.25) is 0 Å². The summed E-state index contributed by atoms with van der Waals surface area (Å²) in [5.74, 6) is 0.742. The number of hydrogen-bond acceptors (Lipinski definition) is 1. The van der Waals surface area contributed by atoms with E-state index in [1.807, 2.05) is 0 Å². The van der Waals surface area contributed by atoms with Crippen molar-refractivity contribution in [3.8, 4) is 0 Å². The standard InChI is InChI=1S/C19H39N/c1-15(18(6,7)8)12-13-19(9,10)20(11)16(2)14-17(3,4)5/h15H,2,12-14H2,1,3-11H3. The van der Waals surface area contributed by atoms with Gasteiger partial charge in [0, 0.05) is 18.3 Å². The van der Waals surface area contributed by atoms with E-state index in [0.717, 1.165) is 12.3 Å². The van der Waals surface area contributed by atoms with E-state index in [9.17, 15) is 0 Å². The lowest BCUT2D eigenvalue weighted by Crippen LogP contribution is -2.41. The van der Waals surface area contributed by atoms with Crippen molar-refractivity contribution in [2.24, 2.45) is 16.7 Å². The van der Waals surface area contributed by atoms with Crippen molar-refractivity contribution < 1.29 is 0 Å². The second-order valence-electron chi connectivity index (χ2n) is 9.48. The first kappa shape index (κ1) is 19.5. The van der Waals surface area contributed by atoms with Crippen molar-refractivity contribution in [2.75, 3.05) is 7.05 Å². The van der Waals surface area contributed by atoms with Crippen LogP contribution in [0.25, 0.3) is 0 Å². The maximum atomic E-state index is 4.31. The lowest BCUT2D eigenvalue weighted by Gasteiger charge is -2.42. The van der Waals surface area contributed by atoms with E-state index in [1.54, 1.807) is 0 Å². The fraction of sp³-hybridized carbons (Fsp3) is 0.895. The third-order valence-electron chi connectivity index (χ3n) is 4.78. The van der Waals surface area contributed by atoms with Gasteiger partial charge in [-0.05, 0) is 49.9 Å². The molecule has 0 aromatic rings. The number of hydrogen-bond donors (Lipinski definition) is 0. The molecule has 0 heterocycles. The molecule has 0 aromatic heterocycles. The van der Waals surface area contributed by atoms with Gasteiger partial charge in [-0.25, -0.2) is 0 Å². The largest absolute Gasteiger partial charge is 0.373 e. The van der Waals surface area contributed by atoms with E-state index in [2.05, 4.69) is 80.8 Å². The summed E-state index contributed by atoms with van der Waals surface area (Å²) in [7, 11) is 2.20. The van der Waals surface area contributed by atoms with E-state index >= 15 is 0 Å². The van der Waals surface area contributed by atoms with Gasteiger partial charge in [0.25, 0.3) is 0 Å². The molecule has 1 unspecified atom stereocenters. The van der Waals surface area contributed by atoms with Crippen LogP contribution >= 0.6 is 0 Å². The van der Waals surface area contributed by atoms with Gasteiger partial charge in [0.2, 0.25) is 0 Å². The highest BCUT2D eigenvalue weighted by atomic mass is 15.2. The van der Waals surface area contributed by atoms with Crippen LogP contribution in [-0.4, -0.2) is 17.5 Å². The normalized spacial score (nSPS) is 15.1. The molecular formula is C19H39N. The van der Waals surface area contributed by atoms with E-state index in [0.29, 0.717) is 10.8 Å². The lowest BCUT2D eigenvalue weighted by molar-refractivity contribution is 0.144. The van der Waals surface area contributed by atoms with E-state index in [1.165, 1.54) is 18.5 Å². The van der Waals surface area contributed by atoms with Gasteiger partial charge in [-0.15, -0.1) is 0 Å². The molecule has 120 valence electrons.